The Balaban J connectivity index is 1.40. The topological polar surface area (TPSA) is 78.4 Å². The summed E-state index contributed by atoms with van der Waals surface area (Å²) in [7, 11) is 0. The van der Waals surface area contributed by atoms with Crippen LogP contribution in [0.1, 0.15) is 51.5 Å². The maximum Gasteiger partial charge on any atom is 0.286 e. The molecule has 178 valence electrons. The fourth-order valence-electron chi connectivity index (χ4n) is 4.21. The van der Waals surface area contributed by atoms with Crippen molar-refractivity contribution in [1.29, 1.82) is 0 Å². The molecule has 1 aliphatic heterocycles. The van der Waals surface area contributed by atoms with Crippen LogP contribution in [-0.2, 0) is 6.42 Å². The second kappa shape index (κ2) is 10.3. The molecule has 0 bridgehead atoms. The van der Waals surface area contributed by atoms with Gasteiger partial charge < -0.3 is 15.1 Å². The molecule has 1 saturated heterocycles. The van der Waals surface area contributed by atoms with E-state index in [-0.39, 0.29) is 17.9 Å². The van der Waals surface area contributed by atoms with E-state index in [9.17, 15) is 9.59 Å². The number of aromatic nitrogens is 2. The first-order chi connectivity index (χ1) is 16.3. The summed E-state index contributed by atoms with van der Waals surface area (Å²) in [4.78, 5) is 30.1. The van der Waals surface area contributed by atoms with Gasteiger partial charge in [-0.25, -0.2) is 0 Å². The van der Waals surface area contributed by atoms with Crippen LogP contribution in [0.4, 0.5) is 11.4 Å². The zero-order valence-electron chi connectivity index (χ0n) is 20.1. The van der Waals surface area contributed by atoms with Gasteiger partial charge in [0.2, 0.25) is 5.01 Å². The lowest BCUT2D eigenvalue weighted by atomic mass is 10.1. The summed E-state index contributed by atoms with van der Waals surface area (Å²) in [5.74, 6) is 0.118. The molecule has 1 atom stereocenters. The molecule has 0 saturated carbocycles. The number of carbonyl (C=O) groups excluding carboxylic acids is 2. The van der Waals surface area contributed by atoms with Crippen molar-refractivity contribution < 1.29 is 9.59 Å². The number of anilines is 2. The van der Waals surface area contributed by atoms with Crippen molar-refractivity contribution >= 4 is 34.5 Å². The minimum atomic E-state index is -0.308. The lowest BCUT2D eigenvalue weighted by Crippen LogP contribution is -2.53. The normalized spacial score (nSPS) is 16.1. The molecule has 7 nitrogen and oxygen atoms in total. The van der Waals surface area contributed by atoms with Crippen molar-refractivity contribution in [2.45, 2.75) is 40.2 Å². The van der Waals surface area contributed by atoms with Crippen LogP contribution in [0, 0.1) is 12.8 Å². The first-order valence-corrected chi connectivity index (χ1v) is 12.5. The third kappa shape index (κ3) is 5.62. The minimum absolute atomic E-state index is 0.0259. The summed E-state index contributed by atoms with van der Waals surface area (Å²) in [6, 6.07) is 15.8. The molecule has 3 aromatic rings. The van der Waals surface area contributed by atoms with Crippen LogP contribution >= 0.6 is 11.3 Å². The number of nitrogens with one attached hydrogen (secondary N) is 1. The van der Waals surface area contributed by atoms with E-state index in [0.717, 1.165) is 18.0 Å². The molecule has 2 amide bonds. The van der Waals surface area contributed by atoms with Gasteiger partial charge >= 0.3 is 0 Å². The Labute approximate surface area is 204 Å². The fraction of sp³-hybridized carbons (Fsp3) is 0.385. The number of piperazine rings is 1. The van der Waals surface area contributed by atoms with Gasteiger partial charge in [0.05, 0.1) is 0 Å². The molecular formula is C26H31N5O2S. The molecule has 1 N–H and O–H groups in total. The van der Waals surface area contributed by atoms with Gasteiger partial charge in [0, 0.05) is 49.0 Å². The molecule has 4 rings (SSSR count). The molecular weight excluding hydrogens is 446 g/mol. The molecule has 1 aliphatic rings. The van der Waals surface area contributed by atoms with Crippen molar-refractivity contribution in [3.63, 3.8) is 0 Å². The van der Waals surface area contributed by atoms with Gasteiger partial charge in [0.15, 0.2) is 0 Å². The second-order valence-corrected chi connectivity index (χ2v) is 10.3. The number of hydrogen-bond donors (Lipinski definition) is 1. The van der Waals surface area contributed by atoms with Crippen LogP contribution in [0.5, 0.6) is 0 Å². The van der Waals surface area contributed by atoms with E-state index >= 15 is 0 Å². The highest BCUT2D eigenvalue weighted by molar-refractivity contribution is 7.13. The summed E-state index contributed by atoms with van der Waals surface area (Å²) >= 11 is 1.31. The van der Waals surface area contributed by atoms with Crippen molar-refractivity contribution in [2.24, 2.45) is 5.92 Å². The summed E-state index contributed by atoms with van der Waals surface area (Å²) in [5.41, 5.74) is 3.55. The Bertz CT molecular complexity index is 1180. The fourth-order valence-corrected chi connectivity index (χ4v) is 5.15. The van der Waals surface area contributed by atoms with Crippen LogP contribution in [0.3, 0.4) is 0 Å². The van der Waals surface area contributed by atoms with Crippen molar-refractivity contribution in [3.05, 3.63) is 69.7 Å². The smallest absolute Gasteiger partial charge is 0.286 e. The van der Waals surface area contributed by atoms with Crippen molar-refractivity contribution in [1.82, 2.24) is 15.1 Å². The second-order valence-electron chi connectivity index (χ2n) is 9.27. The molecule has 0 spiro atoms. The van der Waals surface area contributed by atoms with E-state index in [0.29, 0.717) is 35.3 Å². The zero-order chi connectivity index (χ0) is 24.2. The molecule has 2 heterocycles. The van der Waals surface area contributed by atoms with Gasteiger partial charge in [0.1, 0.15) is 5.01 Å². The highest BCUT2D eigenvalue weighted by Crippen LogP contribution is 2.23. The van der Waals surface area contributed by atoms with Crippen LogP contribution in [0.15, 0.2) is 48.5 Å². The van der Waals surface area contributed by atoms with Gasteiger partial charge in [0.25, 0.3) is 11.8 Å². The summed E-state index contributed by atoms with van der Waals surface area (Å²) < 4.78 is 0. The Hall–Kier alpha value is -3.26. The lowest BCUT2D eigenvalue weighted by molar-refractivity contribution is 0.0726. The van der Waals surface area contributed by atoms with E-state index in [1.807, 2.05) is 4.90 Å². The predicted molar refractivity (Wildman–Crippen MR) is 137 cm³/mol. The molecule has 0 radical (unpaired) electrons. The number of rotatable bonds is 6. The van der Waals surface area contributed by atoms with E-state index in [1.165, 1.54) is 22.6 Å². The highest BCUT2D eigenvalue weighted by atomic mass is 32.1. The highest BCUT2D eigenvalue weighted by Gasteiger charge is 2.27. The minimum Gasteiger partial charge on any atom is -0.365 e. The van der Waals surface area contributed by atoms with Gasteiger partial charge in [-0.2, -0.15) is 0 Å². The average molecular weight is 478 g/mol. The van der Waals surface area contributed by atoms with Gasteiger partial charge in [-0.05, 0) is 55.7 Å². The van der Waals surface area contributed by atoms with Gasteiger partial charge in [-0.15, -0.1) is 10.2 Å². The predicted octanol–water partition coefficient (Wildman–Crippen LogP) is 4.65. The third-order valence-electron chi connectivity index (χ3n) is 5.86. The lowest BCUT2D eigenvalue weighted by Gasteiger charge is -2.41. The quantitative estimate of drug-likeness (QED) is 0.559. The first kappa shape index (κ1) is 23.9. The van der Waals surface area contributed by atoms with E-state index in [4.69, 9.17) is 0 Å². The third-order valence-corrected chi connectivity index (χ3v) is 6.80. The number of benzene rings is 2. The summed E-state index contributed by atoms with van der Waals surface area (Å²) in [6.07, 6.45) is 0.796. The number of aryl methyl sites for hydroxylation is 1. The largest absolute Gasteiger partial charge is 0.365 e. The molecule has 2 aromatic carbocycles. The average Bonchev–Trinajstić information content (AvgIpc) is 3.26. The van der Waals surface area contributed by atoms with E-state index in [1.54, 1.807) is 24.3 Å². The zero-order valence-corrected chi connectivity index (χ0v) is 20.9. The maximum absolute atomic E-state index is 13.2. The molecule has 0 unspecified atom stereocenters. The first-order valence-electron chi connectivity index (χ1n) is 11.7. The summed E-state index contributed by atoms with van der Waals surface area (Å²) in [6.45, 7) is 10.5. The van der Waals surface area contributed by atoms with Crippen LogP contribution in [0.25, 0.3) is 0 Å². The molecule has 1 aromatic heterocycles. The maximum atomic E-state index is 13.2. The molecule has 8 heteroatoms. The summed E-state index contributed by atoms with van der Waals surface area (Å²) in [5, 5.41) is 12.2. The van der Waals surface area contributed by atoms with Crippen LogP contribution in [-0.4, -0.2) is 52.6 Å². The van der Waals surface area contributed by atoms with Crippen molar-refractivity contribution in [2.75, 3.05) is 29.9 Å². The molecule has 0 aliphatic carbocycles. The molecule has 1 fully saturated rings. The van der Waals surface area contributed by atoms with Gasteiger partial charge in [-0.1, -0.05) is 43.4 Å². The number of nitrogens with zero attached hydrogens (tertiary/aromatic N) is 4. The van der Waals surface area contributed by atoms with Crippen LogP contribution in [0.2, 0.25) is 0 Å². The van der Waals surface area contributed by atoms with E-state index < -0.39 is 0 Å². The monoisotopic (exact) mass is 477 g/mol. The Morgan fingerprint density at radius 1 is 1.12 bits per heavy atom. The SMILES string of the molecule is Cc1cccc(N2CCN(C(=O)c3cccc(NC(=O)c4nnc(CC(C)C)s4)c3)C[C@H]2C)c1. The Morgan fingerprint density at radius 3 is 2.65 bits per heavy atom. The number of hydrogen-bond acceptors (Lipinski definition) is 6. The van der Waals surface area contributed by atoms with E-state index in [2.05, 4.69) is 72.4 Å². The number of carbonyl (C=O) groups is 2. The number of amides is 2. The Kier molecular flexibility index (Phi) is 7.26. The Morgan fingerprint density at radius 2 is 1.91 bits per heavy atom. The van der Waals surface area contributed by atoms with Crippen molar-refractivity contribution in [3.8, 4) is 0 Å². The van der Waals surface area contributed by atoms with Gasteiger partial charge in [-0.3, -0.25) is 9.59 Å². The van der Waals surface area contributed by atoms with Crippen LogP contribution < -0.4 is 10.2 Å². The standard InChI is InChI=1S/C26H31N5O2S/c1-17(2)13-23-28-29-25(34-23)24(32)27-21-9-6-8-20(15-21)26(33)30-11-12-31(19(4)16-30)22-10-5-7-18(3)14-22/h5-10,14-15,17,19H,11-13,16H2,1-4H3,(H,27,32)/t19-/m1/s1. The molecule has 34 heavy (non-hydrogen) atoms.